The van der Waals surface area contributed by atoms with E-state index in [1.165, 1.54) is 0 Å². The van der Waals surface area contributed by atoms with E-state index in [1.807, 2.05) is 18.2 Å². The Labute approximate surface area is 196 Å². The van der Waals surface area contributed by atoms with Gasteiger partial charge >= 0.3 is 0 Å². The summed E-state index contributed by atoms with van der Waals surface area (Å²) in [6.45, 7) is 13.0. The molecule has 33 heavy (non-hydrogen) atoms. The summed E-state index contributed by atoms with van der Waals surface area (Å²) in [5.74, 6) is -0.444. The van der Waals surface area contributed by atoms with Crippen molar-refractivity contribution in [2.24, 2.45) is 38.9 Å². The first-order valence-corrected chi connectivity index (χ1v) is 12.3. The molecule has 0 heterocycles. The minimum atomic E-state index is -1.60. The lowest BCUT2D eigenvalue weighted by atomic mass is 9.35. The summed E-state index contributed by atoms with van der Waals surface area (Å²) >= 11 is 0. The number of rotatable bonds is 4. The van der Waals surface area contributed by atoms with Crippen LogP contribution in [0.4, 0.5) is 0 Å². The molecule has 6 fully saturated rings. The van der Waals surface area contributed by atoms with Crippen molar-refractivity contribution < 1.29 is 19.1 Å². The number of ketones is 3. The maximum Gasteiger partial charge on any atom is 0.183 e. The first-order valence-electron chi connectivity index (χ1n) is 12.3. The summed E-state index contributed by atoms with van der Waals surface area (Å²) in [5.41, 5.74) is -3.10. The van der Waals surface area contributed by atoms with Crippen LogP contribution in [0, 0.1) is 38.9 Å². The SMILES string of the molecule is C=C(C)C1CC23C(=O)C4(C(=O)c5ccccc5)CC5(C)CCC(CC2C1(C)C)(C4=O)C53OC. The molecule has 174 valence electrons. The van der Waals surface area contributed by atoms with Gasteiger partial charge in [0.05, 0.1) is 16.4 Å². The molecule has 1 aromatic rings. The van der Waals surface area contributed by atoms with Gasteiger partial charge in [-0.1, -0.05) is 63.3 Å². The minimum Gasteiger partial charge on any atom is -0.376 e. The number of hydrogen-bond acceptors (Lipinski definition) is 4. The van der Waals surface area contributed by atoms with Crippen molar-refractivity contribution >= 4 is 17.3 Å². The van der Waals surface area contributed by atoms with Crippen LogP contribution in [0.2, 0.25) is 0 Å². The molecule has 4 heteroatoms. The smallest absolute Gasteiger partial charge is 0.183 e. The normalized spacial score (nSPS) is 48.3. The lowest BCUT2D eigenvalue weighted by Crippen LogP contribution is -2.80. The van der Waals surface area contributed by atoms with Crippen LogP contribution < -0.4 is 0 Å². The first-order chi connectivity index (χ1) is 15.4. The van der Waals surface area contributed by atoms with Crippen molar-refractivity contribution in [3.05, 3.63) is 48.0 Å². The fraction of sp³-hybridized carbons (Fsp3) is 0.621. The van der Waals surface area contributed by atoms with E-state index in [-0.39, 0.29) is 41.0 Å². The third-order valence-corrected chi connectivity index (χ3v) is 11.3. The Morgan fingerprint density at radius 2 is 1.70 bits per heavy atom. The Morgan fingerprint density at radius 1 is 1.03 bits per heavy atom. The van der Waals surface area contributed by atoms with Gasteiger partial charge in [0.15, 0.2) is 22.8 Å². The second kappa shape index (κ2) is 5.76. The number of methoxy groups -OCH3 is 1. The maximum absolute atomic E-state index is 14.9. The molecule has 6 aliphatic carbocycles. The quantitative estimate of drug-likeness (QED) is 0.362. The van der Waals surface area contributed by atoms with Crippen LogP contribution in [-0.4, -0.2) is 30.1 Å². The van der Waals surface area contributed by atoms with E-state index in [9.17, 15) is 14.4 Å². The van der Waals surface area contributed by atoms with Gasteiger partial charge in [0, 0.05) is 18.1 Å². The Kier molecular flexibility index (Phi) is 3.75. The van der Waals surface area contributed by atoms with Crippen LogP contribution in [0.25, 0.3) is 0 Å². The van der Waals surface area contributed by atoms with E-state index in [2.05, 4.69) is 34.3 Å². The van der Waals surface area contributed by atoms with Gasteiger partial charge < -0.3 is 4.74 Å². The molecule has 0 saturated heterocycles. The minimum absolute atomic E-state index is 0.00604. The zero-order valence-corrected chi connectivity index (χ0v) is 20.4. The molecule has 7 unspecified atom stereocenters. The van der Waals surface area contributed by atoms with Crippen LogP contribution in [0.1, 0.15) is 70.2 Å². The number of allylic oxidation sites excluding steroid dienone is 1. The van der Waals surface area contributed by atoms with E-state index in [0.29, 0.717) is 24.8 Å². The molecule has 7 atom stereocenters. The molecule has 0 aromatic heterocycles. The molecule has 0 radical (unpaired) electrons. The fourth-order valence-electron chi connectivity index (χ4n) is 10.6. The third-order valence-electron chi connectivity index (χ3n) is 11.3. The second-order valence-corrected chi connectivity index (χ2v) is 12.6. The van der Waals surface area contributed by atoms with Gasteiger partial charge in [-0.3, -0.25) is 14.4 Å². The highest BCUT2D eigenvalue weighted by atomic mass is 16.5. The van der Waals surface area contributed by atoms with Gasteiger partial charge in [-0.05, 0) is 56.3 Å². The molecule has 5 bridgehead atoms. The molecule has 6 aliphatic rings. The second-order valence-electron chi connectivity index (χ2n) is 12.6. The summed E-state index contributed by atoms with van der Waals surface area (Å²) < 4.78 is 6.55. The highest BCUT2D eigenvalue weighted by Crippen LogP contribution is 2.89. The number of carbonyl (C=O) groups excluding carboxylic acids is 3. The molecule has 0 N–H and O–H groups in total. The van der Waals surface area contributed by atoms with Crippen molar-refractivity contribution in [1.29, 1.82) is 0 Å². The molecule has 1 aromatic carbocycles. The molecule has 6 saturated carbocycles. The summed E-state index contributed by atoms with van der Waals surface area (Å²) in [5, 5.41) is 0. The molecular weight excluding hydrogens is 412 g/mol. The summed E-state index contributed by atoms with van der Waals surface area (Å²) in [4.78, 5) is 43.7. The summed E-state index contributed by atoms with van der Waals surface area (Å²) in [7, 11) is 1.71. The molecule has 4 nitrogen and oxygen atoms in total. The predicted octanol–water partition coefficient (Wildman–Crippen LogP) is 5.21. The monoisotopic (exact) mass is 446 g/mol. The topological polar surface area (TPSA) is 60.4 Å². The van der Waals surface area contributed by atoms with Crippen LogP contribution in [0.15, 0.2) is 42.5 Å². The van der Waals surface area contributed by atoms with Crippen LogP contribution in [0.5, 0.6) is 0 Å². The van der Waals surface area contributed by atoms with E-state index in [0.717, 1.165) is 12.0 Å². The lowest BCUT2D eigenvalue weighted by Gasteiger charge is -2.67. The number of ether oxygens (including phenoxy) is 1. The Bertz CT molecular complexity index is 1150. The van der Waals surface area contributed by atoms with Crippen molar-refractivity contribution in [2.75, 3.05) is 7.11 Å². The standard InChI is InChI=1S/C29H34O4/c1-17(2)19-14-28-20(24(19,3)4)15-26-13-12-25(5,29(26,28)33-6)16-27(22(26)31,23(28)32)21(30)18-10-8-7-9-11-18/h7-11,19-20H,1,12-16H2,2-6H3. The Balaban J connectivity index is 1.69. The van der Waals surface area contributed by atoms with E-state index in [4.69, 9.17) is 4.74 Å². The van der Waals surface area contributed by atoms with E-state index >= 15 is 0 Å². The fourth-order valence-corrected chi connectivity index (χ4v) is 10.6. The third kappa shape index (κ3) is 1.77. The van der Waals surface area contributed by atoms with Gasteiger partial charge in [-0.25, -0.2) is 0 Å². The highest BCUT2D eigenvalue weighted by molar-refractivity contribution is 6.34. The van der Waals surface area contributed by atoms with Gasteiger partial charge in [-0.2, -0.15) is 0 Å². The number of Topliss-reactive ketones (excluding diaryl/α,β-unsaturated/α-hetero) is 3. The van der Waals surface area contributed by atoms with Gasteiger partial charge in [0.25, 0.3) is 0 Å². The van der Waals surface area contributed by atoms with Crippen LogP contribution in [-0.2, 0) is 14.3 Å². The van der Waals surface area contributed by atoms with Crippen LogP contribution in [0.3, 0.4) is 0 Å². The molecule has 0 amide bonds. The lowest BCUT2D eigenvalue weighted by molar-refractivity contribution is -0.250. The highest BCUT2D eigenvalue weighted by Gasteiger charge is 2.97. The Hall–Kier alpha value is -2.07. The molecule has 7 rings (SSSR count). The summed E-state index contributed by atoms with van der Waals surface area (Å²) in [6, 6.07) is 8.97. The van der Waals surface area contributed by atoms with Crippen molar-refractivity contribution in [2.45, 2.75) is 65.4 Å². The maximum atomic E-state index is 14.9. The average Bonchev–Trinajstić information content (AvgIpc) is 3.26. The number of benzene rings is 1. The first kappa shape index (κ1) is 21.5. The van der Waals surface area contributed by atoms with E-state index in [1.54, 1.807) is 19.2 Å². The average molecular weight is 447 g/mol. The molecule has 1 spiro atoms. The zero-order valence-electron chi connectivity index (χ0n) is 20.4. The van der Waals surface area contributed by atoms with Crippen molar-refractivity contribution in [3.63, 3.8) is 0 Å². The Morgan fingerprint density at radius 3 is 2.30 bits per heavy atom. The largest absolute Gasteiger partial charge is 0.376 e. The van der Waals surface area contributed by atoms with Crippen molar-refractivity contribution in [3.8, 4) is 0 Å². The van der Waals surface area contributed by atoms with Crippen molar-refractivity contribution in [1.82, 2.24) is 0 Å². The van der Waals surface area contributed by atoms with Gasteiger partial charge in [0.1, 0.15) is 0 Å². The number of carbonyl (C=O) groups is 3. The predicted molar refractivity (Wildman–Crippen MR) is 125 cm³/mol. The molecular formula is C29H34O4. The van der Waals surface area contributed by atoms with Gasteiger partial charge in [0.2, 0.25) is 0 Å². The summed E-state index contributed by atoms with van der Waals surface area (Å²) in [6.07, 6.45) is 3.06. The van der Waals surface area contributed by atoms with Gasteiger partial charge in [-0.15, -0.1) is 0 Å². The van der Waals surface area contributed by atoms with Crippen LogP contribution >= 0.6 is 0 Å². The number of hydrogen-bond donors (Lipinski definition) is 0. The zero-order chi connectivity index (χ0) is 23.8. The van der Waals surface area contributed by atoms with E-state index < -0.39 is 27.3 Å². The molecule has 0 aliphatic heterocycles.